The third kappa shape index (κ3) is 11.4. The van der Waals surface area contributed by atoms with Gasteiger partial charge in [0.15, 0.2) is 0 Å². The van der Waals surface area contributed by atoms with E-state index < -0.39 is 23.8 Å². The standard InChI is InChI=1S/C36H47N3O5/c1-5-6-7-8-15-24-39(32(29-18-13-10-14-19-29)33(41)37-26-28-16-11-9-12-17-28)34(42)31(38-35(43)44-36(2,3)4)25-27-20-22-30(40)23-21-27/h9-14,16-23,31-32,40H,5-8,15,24-26H2,1-4H3,(H,37,41)(H,38,43). The number of benzene rings is 3. The lowest BCUT2D eigenvalue weighted by Gasteiger charge is -2.34. The van der Waals surface area contributed by atoms with Crippen LogP contribution in [0.15, 0.2) is 84.9 Å². The second kappa shape index (κ2) is 17.1. The number of hydrogen-bond acceptors (Lipinski definition) is 5. The maximum Gasteiger partial charge on any atom is 0.408 e. The third-order valence-electron chi connectivity index (χ3n) is 7.14. The van der Waals surface area contributed by atoms with E-state index in [1.807, 2.05) is 60.7 Å². The van der Waals surface area contributed by atoms with Crippen molar-refractivity contribution in [3.05, 3.63) is 102 Å². The largest absolute Gasteiger partial charge is 0.508 e. The van der Waals surface area contributed by atoms with Crippen molar-refractivity contribution >= 4 is 17.9 Å². The molecule has 0 aliphatic heterocycles. The third-order valence-corrected chi connectivity index (χ3v) is 7.14. The monoisotopic (exact) mass is 601 g/mol. The first kappa shape index (κ1) is 34.2. The first-order valence-electron chi connectivity index (χ1n) is 15.5. The highest BCUT2D eigenvalue weighted by Crippen LogP contribution is 2.25. The Balaban J connectivity index is 1.98. The molecule has 0 saturated heterocycles. The molecule has 2 unspecified atom stereocenters. The second-order valence-electron chi connectivity index (χ2n) is 12.0. The minimum absolute atomic E-state index is 0.102. The summed E-state index contributed by atoms with van der Waals surface area (Å²) in [6.07, 6.45) is 4.26. The van der Waals surface area contributed by atoms with Crippen molar-refractivity contribution in [2.24, 2.45) is 0 Å². The number of aromatic hydroxyl groups is 1. The predicted molar refractivity (Wildman–Crippen MR) is 173 cm³/mol. The fraction of sp³-hybridized carbons (Fsp3) is 0.417. The van der Waals surface area contributed by atoms with Crippen molar-refractivity contribution in [3.63, 3.8) is 0 Å². The number of carbonyl (C=O) groups is 3. The summed E-state index contributed by atoms with van der Waals surface area (Å²) in [6.45, 7) is 8.07. The van der Waals surface area contributed by atoms with Crippen LogP contribution in [0.1, 0.15) is 82.5 Å². The van der Waals surface area contributed by atoms with Crippen LogP contribution in [0, 0.1) is 0 Å². The van der Waals surface area contributed by atoms with Crippen molar-refractivity contribution < 1.29 is 24.2 Å². The highest BCUT2D eigenvalue weighted by molar-refractivity contribution is 5.92. The molecule has 3 amide bonds. The van der Waals surface area contributed by atoms with Gasteiger partial charge in [-0.2, -0.15) is 0 Å². The van der Waals surface area contributed by atoms with E-state index >= 15 is 0 Å². The number of amides is 3. The molecule has 8 heteroatoms. The number of phenols is 1. The van der Waals surface area contributed by atoms with Crippen LogP contribution in [0.25, 0.3) is 0 Å². The molecule has 236 valence electrons. The summed E-state index contributed by atoms with van der Waals surface area (Å²) in [5.74, 6) is -0.588. The predicted octanol–water partition coefficient (Wildman–Crippen LogP) is 6.68. The average Bonchev–Trinajstić information content (AvgIpc) is 2.99. The van der Waals surface area contributed by atoms with E-state index in [0.29, 0.717) is 25.1 Å². The van der Waals surface area contributed by atoms with Gasteiger partial charge in [0.05, 0.1) is 0 Å². The number of alkyl carbamates (subject to hydrolysis) is 1. The van der Waals surface area contributed by atoms with E-state index in [0.717, 1.165) is 36.8 Å². The number of nitrogens with zero attached hydrogens (tertiary/aromatic N) is 1. The zero-order valence-corrected chi connectivity index (χ0v) is 26.4. The van der Waals surface area contributed by atoms with Gasteiger partial charge >= 0.3 is 6.09 Å². The van der Waals surface area contributed by atoms with Gasteiger partial charge < -0.3 is 25.4 Å². The first-order chi connectivity index (χ1) is 21.1. The Morgan fingerprint density at radius 3 is 2.05 bits per heavy atom. The molecule has 0 aromatic heterocycles. The van der Waals surface area contributed by atoms with Crippen LogP contribution in [0.5, 0.6) is 5.75 Å². The number of rotatable bonds is 15. The quantitative estimate of drug-likeness (QED) is 0.168. The van der Waals surface area contributed by atoms with Gasteiger partial charge in [-0.3, -0.25) is 9.59 Å². The minimum Gasteiger partial charge on any atom is -0.508 e. The van der Waals surface area contributed by atoms with Crippen LogP contribution in [-0.4, -0.2) is 46.1 Å². The van der Waals surface area contributed by atoms with Crippen molar-refractivity contribution in [2.45, 2.75) is 90.4 Å². The normalized spacial score (nSPS) is 12.5. The van der Waals surface area contributed by atoms with E-state index in [1.165, 1.54) is 0 Å². The van der Waals surface area contributed by atoms with Gasteiger partial charge in [0.25, 0.3) is 0 Å². The molecule has 0 fully saturated rings. The van der Waals surface area contributed by atoms with Gasteiger partial charge in [-0.05, 0) is 56.0 Å². The van der Waals surface area contributed by atoms with Crippen LogP contribution in [-0.2, 0) is 27.3 Å². The highest BCUT2D eigenvalue weighted by Gasteiger charge is 2.36. The summed E-state index contributed by atoms with van der Waals surface area (Å²) in [5.41, 5.74) is 1.60. The number of carbonyl (C=O) groups excluding carboxylic acids is 3. The molecule has 0 aliphatic carbocycles. The van der Waals surface area contributed by atoms with E-state index in [-0.39, 0.29) is 24.0 Å². The lowest BCUT2D eigenvalue weighted by molar-refractivity contribution is -0.142. The molecule has 3 N–H and O–H groups in total. The molecular formula is C36H47N3O5. The molecule has 0 spiro atoms. The molecule has 2 atom stereocenters. The number of unbranched alkanes of at least 4 members (excludes halogenated alkanes) is 4. The summed E-state index contributed by atoms with van der Waals surface area (Å²) in [4.78, 5) is 43.1. The lowest BCUT2D eigenvalue weighted by Crippen LogP contribution is -2.54. The summed E-state index contributed by atoms with van der Waals surface area (Å²) >= 11 is 0. The number of ether oxygens (including phenoxy) is 1. The van der Waals surface area contributed by atoms with Gasteiger partial charge in [0.2, 0.25) is 11.8 Å². The topological polar surface area (TPSA) is 108 Å². The average molecular weight is 602 g/mol. The Hall–Kier alpha value is -4.33. The fourth-order valence-electron chi connectivity index (χ4n) is 4.96. The number of nitrogens with one attached hydrogen (secondary N) is 2. The van der Waals surface area contributed by atoms with Crippen molar-refractivity contribution in [1.82, 2.24) is 15.5 Å². The van der Waals surface area contributed by atoms with Crippen LogP contribution in [0.3, 0.4) is 0 Å². The van der Waals surface area contributed by atoms with Gasteiger partial charge in [-0.1, -0.05) is 105 Å². The Labute approximate surface area is 261 Å². The molecule has 0 saturated carbocycles. The van der Waals surface area contributed by atoms with E-state index in [2.05, 4.69) is 17.6 Å². The lowest BCUT2D eigenvalue weighted by atomic mass is 9.99. The molecule has 3 aromatic rings. The summed E-state index contributed by atoms with van der Waals surface area (Å²) in [7, 11) is 0. The smallest absolute Gasteiger partial charge is 0.408 e. The van der Waals surface area contributed by atoms with E-state index in [9.17, 15) is 19.5 Å². The van der Waals surface area contributed by atoms with Crippen LogP contribution in [0.2, 0.25) is 0 Å². The molecule has 44 heavy (non-hydrogen) atoms. The zero-order valence-electron chi connectivity index (χ0n) is 26.4. The number of phenolic OH excluding ortho intramolecular Hbond substituents is 1. The molecule has 0 aliphatic rings. The first-order valence-corrected chi connectivity index (χ1v) is 15.5. The zero-order chi connectivity index (χ0) is 32.0. The Morgan fingerprint density at radius 1 is 0.818 bits per heavy atom. The van der Waals surface area contributed by atoms with Crippen molar-refractivity contribution in [2.75, 3.05) is 6.54 Å². The molecule has 0 bridgehead atoms. The van der Waals surface area contributed by atoms with E-state index in [1.54, 1.807) is 49.9 Å². The number of hydrogen-bond donors (Lipinski definition) is 3. The van der Waals surface area contributed by atoms with Gasteiger partial charge in [-0.15, -0.1) is 0 Å². The molecule has 8 nitrogen and oxygen atoms in total. The van der Waals surface area contributed by atoms with Crippen molar-refractivity contribution in [1.29, 1.82) is 0 Å². The van der Waals surface area contributed by atoms with Gasteiger partial charge in [0.1, 0.15) is 23.4 Å². The van der Waals surface area contributed by atoms with Crippen molar-refractivity contribution in [3.8, 4) is 5.75 Å². The van der Waals surface area contributed by atoms with Gasteiger partial charge in [-0.25, -0.2) is 4.79 Å². The summed E-state index contributed by atoms with van der Waals surface area (Å²) in [5, 5.41) is 15.6. The SMILES string of the molecule is CCCCCCCN(C(=O)C(Cc1ccc(O)cc1)NC(=O)OC(C)(C)C)C(C(=O)NCc1ccccc1)c1ccccc1. The fourth-order valence-corrected chi connectivity index (χ4v) is 4.96. The van der Waals surface area contributed by atoms with Crippen LogP contribution < -0.4 is 10.6 Å². The second-order valence-corrected chi connectivity index (χ2v) is 12.0. The maximum absolute atomic E-state index is 14.6. The molecule has 0 radical (unpaired) electrons. The van der Waals surface area contributed by atoms with Crippen LogP contribution >= 0.6 is 0 Å². The molecule has 3 rings (SSSR count). The molecular weight excluding hydrogens is 554 g/mol. The van der Waals surface area contributed by atoms with Gasteiger partial charge in [0, 0.05) is 19.5 Å². The van der Waals surface area contributed by atoms with Crippen LogP contribution in [0.4, 0.5) is 4.79 Å². The Kier molecular flexibility index (Phi) is 13.3. The Bertz CT molecular complexity index is 1310. The summed E-state index contributed by atoms with van der Waals surface area (Å²) < 4.78 is 5.52. The minimum atomic E-state index is -1.02. The molecule has 3 aromatic carbocycles. The highest BCUT2D eigenvalue weighted by atomic mass is 16.6. The van der Waals surface area contributed by atoms with E-state index in [4.69, 9.17) is 4.74 Å². The Morgan fingerprint density at radius 2 is 1.43 bits per heavy atom. The maximum atomic E-state index is 14.6. The molecule has 0 heterocycles. The summed E-state index contributed by atoms with van der Waals surface area (Å²) in [6, 6.07) is 23.5.